The van der Waals surface area contributed by atoms with Gasteiger partial charge in [0.15, 0.2) is 6.10 Å². The van der Waals surface area contributed by atoms with Crippen molar-refractivity contribution in [3.63, 3.8) is 0 Å². The minimum atomic E-state index is -4.44. The first-order valence-corrected chi connectivity index (χ1v) is 23.2. The lowest BCUT2D eigenvalue weighted by Gasteiger charge is -2.24. The van der Waals surface area contributed by atoms with Crippen LogP contribution in [0.25, 0.3) is 0 Å². The number of esters is 2. The van der Waals surface area contributed by atoms with Crippen molar-refractivity contribution in [3.05, 3.63) is 109 Å². The lowest BCUT2D eigenvalue weighted by molar-refractivity contribution is -0.870. The molecule has 0 saturated heterocycles. The molecule has 0 saturated carbocycles. The van der Waals surface area contributed by atoms with Crippen LogP contribution in [0.4, 0.5) is 0 Å². The minimum Gasteiger partial charge on any atom is -0.462 e. The molecule has 2 unspecified atom stereocenters. The second-order valence-corrected chi connectivity index (χ2v) is 16.6. The summed E-state index contributed by atoms with van der Waals surface area (Å²) in [5, 5.41) is 10.3. The summed E-state index contributed by atoms with van der Waals surface area (Å²) in [5.74, 6) is -1.11. The average Bonchev–Trinajstić information content (AvgIpc) is 3.18. The molecule has 0 aromatic rings. The zero-order valence-corrected chi connectivity index (χ0v) is 37.9. The number of aliphatic hydroxyl groups excluding tert-OH is 1. The molecular weight excluding hydrogens is 765 g/mol. The molecular formula is C48H79NO9P+. The Morgan fingerprint density at radius 2 is 1.12 bits per heavy atom. The zero-order valence-electron chi connectivity index (χ0n) is 37.0. The molecule has 59 heavy (non-hydrogen) atoms. The lowest BCUT2D eigenvalue weighted by atomic mass is 10.1. The monoisotopic (exact) mass is 845 g/mol. The highest BCUT2D eigenvalue weighted by Gasteiger charge is 2.27. The first-order chi connectivity index (χ1) is 28.4. The van der Waals surface area contributed by atoms with Crippen LogP contribution in [0.1, 0.15) is 123 Å². The highest BCUT2D eigenvalue weighted by Crippen LogP contribution is 2.43. The molecule has 0 amide bonds. The number of hydrogen-bond donors (Lipinski definition) is 2. The molecule has 0 aliphatic heterocycles. The number of phosphoric ester groups is 1. The average molecular weight is 845 g/mol. The molecule has 0 bridgehead atoms. The third-order valence-corrected chi connectivity index (χ3v) is 9.40. The fourth-order valence-electron chi connectivity index (χ4n) is 5.02. The Balaban J connectivity index is 4.65. The van der Waals surface area contributed by atoms with Crippen molar-refractivity contribution in [2.45, 2.75) is 135 Å². The van der Waals surface area contributed by atoms with Crippen LogP contribution < -0.4 is 0 Å². The van der Waals surface area contributed by atoms with Crippen molar-refractivity contribution in [2.24, 2.45) is 0 Å². The first kappa shape index (κ1) is 55.6. The maximum absolute atomic E-state index is 12.7. The molecule has 0 heterocycles. The van der Waals surface area contributed by atoms with Crippen molar-refractivity contribution in [2.75, 3.05) is 47.5 Å². The number of allylic oxidation sites excluding steroid dienone is 17. The molecule has 334 valence electrons. The van der Waals surface area contributed by atoms with E-state index in [0.717, 1.165) is 83.5 Å². The van der Waals surface area contributed by atoms with Gasteiger partial charge in [-0.15, -0.1) is 0 Å². The normalized spacial score (nSPS) is 15.2. The van der Waals surface area contributed by atoms with Gasteiger partial charge in [-0.2, -0.15) is 0 Å². The molecule has 0 aliphatic rings. The quantitative estimate of drug-likeness (QED) is 0.0157. The van der Waals surface area contributed by atoms with Crippen molar-refractivity contribution >= 4 is 19.8 Å². The largest absolute Gasteiger partial charge is 0.472 e. The van der Waals surface area contributed by atoms with Gasteiger partial charge in [-0.05, 0) is 77.0 Å². The van der Waals surface area contributed by atoms with Crippen molar-refractivity contribution in [1.29, 1.82) is 0 Å². The fraction of sp³-hybridized carbons (Fsp3) is 0.583. The lowest BCUT2D eigenvalue weighted by Crippen LogP contribution is -2.37. The van der Waals surface area contributed by atoms with Crippen LogP contribution in [-0.2, 0) is 32.7 Å². The number of aliphatic hydroxyl groups is 1. The number of hydrogen-bond acceptors (Lipinski definition) is 8. The molecule has 0 aromatic carbocycles. The molecule has 10 nitrogen and oxygen atoms in total. The van der Waals surface area contributed by atoms with E-state index in [2.05, 4.69) is 98.9 Å². The molecule has 0 rings (SSSR count). The Kier molecular flexibility index (Phi) is 36.6. The highest BCUT2D eigenvalue weighted by molar-refractivity contribution is 7.47. The van der Waals surface area contributed by atoms with Gasteiger partial charge in [-0.25, -0.2) is 4.57 Å². The number of likely N-dealkylation sites (N-methyl/N-ethyl adjacent to an activating group) is 1. The van der Waals surface area contributed by atoms with Crippen molar-refractivity contribution < 1.29 is 47.2 Å². The molecule has 11 heteroatoms. The SMILES string of the molecule is CC/C=C\C/C=C\C/C=C\C/C=C\C/C=C\C=C/C(O)CCC(=O)OC[C@H](COP(=O)(O)OCC[N+](C)(C)C)OC(=O)CCCCCCC/C=C\C/C=C\C/C=C\CC. The number of unbranched alkanes of at least 4 members (excludes halogenated alkanes) is 5. The summed E-state index contributed by atoms with van der Waals surface area (Å²) in [6.45, 7) is 3.86. The van der Waals surface area contributed by atoms with E-state index in [9.17, 15) is 24.2 Å². The maximum Gasteiger partial charge on any atom is 0.472 e. The summed E-state index contributed by atoms with van der Waals surface area (Å²) in [6.07, 6.45) is 49.0. The van der Waals surface area contributed by atoms with Gasteiger partial charge in [0.2, 0.25) is 0 Å². The van der Waals surface area contributed by atoms with E-state index >= 15 is 0 Å². The standard InChI is InChI=1S/C48H78NO9P/c1-6-8-10-12-14-16-18-20-22-24-25-27-29-31-33-35-37-45(50)39-40-47(51)55-43-46(44-57-59(53,54)56-42-41-49(3,4)5)58-48(52)38-36-34-32-30-28-26-23-21-19-17-15-13-11-9-7-2/h8-11,14-17,20-23,25,27,31,33,35,37,45-46,50H,6-7,12-13,18-19,24,26,28-30,32,34,36,38-44H2,1-5H3/p+1/b10-8-,11-9-,16-14-,17-15-,22-20-,23-21-,27-25-,33-31-,37-35-/t45?,46-/m1/s1. The fourth-order valence-corrected chi connectivity index (χ4v) is 5.76. The Labute approximate surface area is 358 Å². The summed E-state index contributed by atoms with van der Waals surface area (Å²) < 4.78 is 34.0. The van der Waals surface area contributed by atoms with E-state index in [1.807, 2.05) is 33.3 Å². The van der Waals surface area contributed by atoms with Crippen LogP contribution in [0.3, 0.4) is 0 Å². The molecule has 0 spiro atoms. The summed E-state index contributed by atoms with van der Waals surface area (Å²) in [4.78, 5) is 35.4. The topological polar surface area (TPSA) is 129 Å². The van der Waals surface area contributed by atoms with Gasteiger partial charge in [0, 0.05) is 12.8 Å². The van der Waals surface area contributed by atoms with Gasteiger partial charge in [-0.3, -0.25) is 18.6 Å². The minimum absolute atomic E-state index is 0.0145. The predicted molar refractivity (Wildman–Crippen MR) is 244 cm³/mol. The predicted octanol–water partition coefficient (Wildman–Crippen LogP) is 11.3. The Hall–Kier alpha value is -3.37. The number of rotatable bonds is 37. The molecule has 2 N–H and O–H groups in total. The van der Waals surface area contributed by atoms with Gasteiger partial charge in [-0.1, -0.05) is 142 Å². The zero-order chi connectivity index (χ0) is 43.7. The van der Waals surface area contributed by atoms with Gasteiger partial charge < -0.3 is 24.0 Å². The second-order valence-electron chi connectivity index (χ2n) is 15.2. The summed E-state index contributed by atoms with van der Waals surface area (Å²) in [7, 11) is 1.32. The number of ether oxygens (including phenoxy) is 2. The Morgan fingerprint density at radius 3 is 1.68 bits per heavy atom. The summed E-state index contributed by atoms with van der Waals surface area (Å²) in [5.41, 5.74) is 0. The van der Waals surface area contributed by atoms with E-state index in [4.69, 9.17) is 18.5 Å². The van der Waals surface area contributed by atoms with Crippen molar-refractivity contribution in [1.82, 2.24) is 0 Å². The van der Waals surface area contributed by atoms with Gasteiger partial charge >= 0.3 is 19.8 Å². The van der Waals surface area contributed by atoms with Crippen LogP contribution in [0.15, 0.2) is 109 Å². The van der Waals surface area contributed by atoms with Gasteiger partial charge in [0.1, 0.15) is 19.8 Å². The number of quaternary nitrogens is 1. The van der Waals surface area contributed by atoms with Crippen molar-refractivity contribution in [3.8, 4) is 0 Å². The Morgan fingerprint density at radius 1 is 0.610 bits per heavy atom. The first-order valence-electron chi connectivity index (χ1n) is 21.7. The number of nitrogens with zero attached hydrogens (tertiary/aromatic N) is 1. The highest BCUT2D eigenvalue weighted by atomic mass is 31.2. The van der Waals surface area contributed by atoms with E-state index in [1.165, 1.54) is 0 Å². The molecule has 3 atom stereocenters. The van der Waals surface area contributed by atoms with Crippen LogP contribution in [-0.4, -0.2) is 86.1 Å². The second kappa shape index (κ2) is 38.8. The molecule has 0 radical (unpaired) electrons. The molecule has 0 aromatic heterocycles. The van der Waals surface area contributed by atoms with E-state index in [1.54, 1.807) is 12.2 Å². The smallest absolute Gasteiger partial charge is 0.462 e. The van der Waals surface area contributed by atoms with Crippen LogP contribution in [0, 0.1) is 0 Å². The summed E-state index contributed by atoms with van der Waals surface area (Å²) >= 11 is 0. The third-order valence-electron chi connectivity index (χ3n) is 8.42. The number of carbonyl (C=O) groups is 2. The maximum atomic E-state index is 12.7. The van der Waals surface area contributed by atoms with Gasteiger partial charge in [0.05, 0.1) is 33.9 Å². The summed E-state index contributed by atoms with van der Waals surface area (Å²) in [6, 6.07) is 0. The molecule has 0 aliphatic carbocycles. The van der Waals surface area contributed by atoms with Crippen LogP contribution in [0.5, 0.6) is 0 Å². The van der Waals surface area contributed by atoms with Crippen LogP contribution >= 0.6 is 7.82 Å². The van der Waals surface area contributed by atoms with Gasteiger partial charge in [0.25, 0.3) is 0 Å². The number of carbonyl (C=O) groups excluding carboxylic acids is 2. The third kappa shape index (κ3) is 42.6. The number of phosphoric acid groups is 1. The van der Waals surface area contributed by atoms with E-state index in [0.29, 0.717) is 17.4 Å². The molecule has 0 fully saturated rings. The van der Waals surface area contributed by atoms with E-state index in [-0.39, 0.29) is 32.5 Å². The van der Waals surface area contributed by atoms with Crippen LogP contribution in [0.2, 0.25) is 0 Å². The Bertz CT molecular complexity index is 1380. The van der Waals surface area contributed by atoms with E-state index < -0.39 is 38.6 Å².